The third-order valence-electron chi connectivity index (χ3n) is 4.36. The lowest BCUT2D eigenvalue weighted by molar-refractivity contribution is -0.149. The Morgan fingerprint density at radius 2 is 1.30 bits per heavy atom. The van der Waals surface area contributed by atoms with Gasteiger partial charge in [-0.25, -0.2) is 0 Å². The second kappa shape index (κ2) is 14.5. The molecule has 0 aliphatic carbocycles. The summed E-state index contributed by atoms with van der Waals surface area (Å²) in [4.78, 5) is 22.8. The van der Waals surface area contributed by atoms with E-state index in [0.717, 1.165) is 19.3 Å². The molecule has 4 heteroatoms. The summed E-state index contributed by atoms with van der Waals surface area (Å²) < 4.78 is 9.97. The van der Waals surface area contributed by atoms with Crippen molar-refractivity contribution < 1.29 is 19.1 Å². The van der Waals surface area contributed by atoms with E-state index in [1.807, 2.05) is 20.8 Å². The molecule has 0 aliphatic rings. The molecule has 0 bridgehead atoms. The molecule has 0 saturated heterocycles. The summed E-state index contributed by atoms with van der Waals surface area (Å²) >= 11 is 0. The molecule has 0 spiro atoms. The molecule has 0 aromatic rings. The summed E-state index contributed by atoms with van der Waals surface area (Å²) in [6.07, 6.45) is 9.73. The van der Waals surface area contributed by atoms with Gasteiger partial charge < -0.3 is 9.47 Å². The standard InChI is InChI=1S/C19H36O4/c1-5-22-18(20)15-13-11-9-7-8-10-12-14-16(3)17(4)19(21)23-6-2/h16-17H,5-15H2,1-4H3. The Kier molecular flexibility index (Phi) is 13.9. The first-order valence-corrected chi connectivity index (χ1v) is 9.35. The SMILES string of the molecule is CCOC(=O)CCCCCCCCCC(C)C(C)C(=O)OCC. The molecular weight excluding hydrogens is 292 g/mol. The van der Waals surface area contributed by atoms with Crippen molar-refractivity contribution in [3.63, 3.8) is 0 Å². The monoisotopic (exact) mass is 328 g/mol. The molecule has 0 fully saturated rings. The first-order chi connectivity index (χ1) is 11.0. The van der Waals surface area contributed by atoms with Crippen molar-refractivity contribution in [2.24, 2.45) is 11.8 Å². The molecule has 0 aromatic heterocycles. The maximum absolute atomic E-state index is 11.7. The van der Waals surface area contributed by atoms with Crippen molar-refractivity contribution >= 4 is 11.9 Å². The van der Waals surface area contributed by atoms with Crippen LogP contribution in [0, 0.1) is 11.8 Å². The summed E-state index contributed by atoms with van der Waals surface area (Å²) in [5.74, 6) is 0.246. The lowest BCUT2D eigenvalue weighted by atomic mass is 9.90. The van der Waals surface area contributed by atoms with Crippen molar-refractivity contribution in [1.29, 1.82) is 0 Å². The first-order valence-electron chi connectivity index (χ1n) is 9.35. The quantitative estimate of drug-likeness (QED) is 0.336. The molecule has 0 amide bonds. The van der Waals surface area contributed by atoms with E-state index in [2.05, 4.69) is 6.92 Å². The zero-order valence-electron chi connectivity index (χ0n) is 15.6. The van der Waals surface area contributed by atoms with Gasteiger partial charge in [0.05, 0.1) is 19.1 Å². The molecule has 0 heterocycles. The minimum absolute atomic E-state index is 0.00201. The molecule has 2 unspecified atom stereocenters. The molecule has 0 aliphatic heterocycles. The number of hydrogen-bond acceptors (Lipinski definition) is 4. The van der Waals surface area contributed by atoms with Crippen LogP contribution in [-0.2, 0) is 19.1 Å². The number of rotatable bonds is 14. The Bertz CT molecular complexity index is 314. The zero-order chi connectivity index (χ0) is 17.5. The van der Waals surface area contributed by atoms with Gasteiger partial charge in [-0.3, -0.25) is 9.59 Å². The molecule has 0 N–H and O–H groups in total. The van der Waals surface area contributed by atoms with Crippen molar-refractivity contribution in [3.8, 4) is 0 Å². The fraction of sp³-hybridized carbons (Fsp3) is 0.895. The summed E-state index contributed by atoms with van der Waals surface area (Å²) in [6.45, 7) is 8.73. The van der Waals surface area contributed by atoms with Crippen LogP contribution < -0.4 is 0 Å². The largest absolute Gasteiger partial charge is 0.466 e. The highest BCUT2D eigenvalue weighted by atomic mass is 16.5. The number of hydrogen-bond donors (Lipinski definition) is 0. The van der Waals surface area contributed by atoms with E-state index >= 15 is 0 Å². The summed E-state index contributed by atoms with van der Waals surface area (Å²) in [6, 6.07) is 0. The molecule has 0 aromatic carbocycles. The molecule has 0 radical (unpaired) electrons. The normalized spacial score (nSPS) is 13.4. The predicted molar refractivity (Wildman–Crippen MR) is 93.1 cm³/mol. The highest BCUT2D eigenvalue weighted by molar-refractivity contribution is 5.72. The number of unbranched alkanes of at least 4 members (excludes halogenated alkanes) is 6. The van der Waals surface area contributed by atoms with Crippen LogP contribution >= 0.6 is 0 Å². The molecule has 4 nitrogen and oxygen atoms in total. The fourth-order valence-electron chi connectivity index (χ4n) is 2.61. The first kappa shape index (κ1) is 21.9. The lowest BCUT2D eigenvalue weighted by Crippen LogP contribution is -2.21. The van der Waals surface area contributed by atoms with Gasteiger partial charge >= 0.3 is 11.9 Å². The highest BCUT2D eigenvalue weighted by Crippen LogP contribution is 2.20. The second-order valence-corrected chi connectivity index (χ2v) is 6.34. The van der Waals surface area contributed by atoms with Gasteiger partial charge in [-0.2, -0.15) is 0 Å². The molecule has 2 atom stereocenters. The Morgan fingerprint density at radius 1 is 0.783 bits per heavy atom. The van der Waals surface area contributed by atoms with E-state index in [9.17, 15) is 9.59 Å². The van der Waals surface area contributed by atoms with E-state index in [1.54, 1.807) is 0 Å². The van der Waals surface area contributed by atoms with Crippen molar-refractivity contribution in [2.75, 3.05) is 13.2 Å². The van der Waals surface area contributed by atoms with Gasteiger partial charge in [0.25, 0.3) is 0 Å². The molecule has 136 valence electrons. The van der Waals surface area contributed by atoms with Gasteiger partial charge in [0.2, 0.25) is 0 Å². The van der Waals surface area contributed by atoms with Gasteiger partial charge in [-0.05, 0) is 32.6 Å². The van der Waals surface area contributed by atoms with E-state index < -0.39 is 0 Å². The average molecular weight is 328 g/mol. The Labute approximate surface area is 142 Å². The third-order valence-corrected chi connectivity index (χ3v) is 4.36. The fourth-order valence-corrected chi connectivity index (χ4v) is 2.61. The van der Waals surface area contributed by atoms with Crippen LogP contribution in [0.3, 0.4) is 0 Å². The highest BCUT2D eigenvalue weighted by Gasteiger charge is 2.20. The maximum Gasteiger partial charge on any atom is 0.308 e. The lowest BCUT2D eigenvalue weighted by Gasteiger charge is -2.18. The van der Waals surface area contributed by atoms with Gasteiger partial charge in [-0.15, -0.1) is 0 Å². The number of esters is 2. The van der Waals surface area contributed by atoms with E-state index in [1.165, 1.54) is 32.1 Å². The van der Waals surface area contributed by atoms with Crippen LogP contribution in [0.5, 0.6) is 0 Å². The Morgan fingerprint density at radius 3 is 1.87 bits per heavy atom. The van der Waals surface area contributed by atoms with E-state index in [4.69, 9.17) is 9.47 Å². The topological polar surface area (TPSA) is 52.6 Å². The van der Waals surface area contributed by atoms with Crippen LogP contribution in [-0.4, -0.2) is 25.2 Å². The van der Waals surface area contributed by atoms with Crippen molar-refractivity contribution in [2.45, 2.75) is 85.5 Å². The van der Waals surface area contributed by atoms with Gasteiger partial charge in [0.15, 0.2) is 0 Å². The molecule has 23 heavy (non-hydrogen) atoms. The smallest absolute Gasteiger partial charge is 0.308 e. The minimum Gasteiger partial charge on any atom is -0.466 e. The number of ether oxygens (including phenoxy) is 2. The van der Waals surface area contributed by atoms with E-state index in [-0.39, 0.29) is 17.9 Å². The van der Waals surface area contributed by atoms with Crippen molar-refractivity contribution in [3.05, 3.63) is 0 Å². The van der Waals surface area contributed by atoms with Gasteiger partial charge in [0.1, 0.15) is 0 Å². The molecule has 0 rings (SSSR count). The Hall–Kier alpha value is -1.06. The van der Waals surface area contributed by atoms with Crippen LogP contribution in [0.15, 0.2) is 0 Å². The molecule has 0 saturated carbocycles. The third kappa shape index (κ3) is 12.1. The number of carbonyl (C=O) groups excluding carboxylic acids is 2. The Balaban J connectivity index is 3.45. The number of carbonyl (C=O) groups is 2. The van der Waals surface area contributed by atoms with Crippen molar-refractivity contribution in [1.82, 2.24) is 0 Å². The zero-order valence-corrected chi connectivity index (χ0v) is 15.6. The van der Waals surface area contributed by atoms with E-state index in [0.29, 0.717) is 25.6 Å². The summed E-state index contributed by atoms with van der Waals surface area (Å²) in [5.41, 5.74) is 0. The summed E-state index contributed by atoms with van der Waals surface area (Å²) in [7, 11) is 0. The maximum atomic E-state index is 11.7. The van der Waals surface area contributed by atoms with Gasteiger partial charge in [-0.1, -0.05) is 52.4 Å². The minimum atomic E-state index is -0.0720. The van der Waals surface area contributed by atoms with Crippen LogP contribution in [0.1, 0.15) is 85.5 Å². The average Bonchev–Trinajstić information content (AvgIpc) is 2.52. The predicted octanol–water partition coefficient (Wildman–Crippen LogP) is 4.90. The van der Waals surface area contributed by atoms with Crippen LogP contribution in [0.4, 0.5) is 0 Å². The second-order valence-electron chi connectivity index (χ2n) is 6.34. The molecular formula is C19H36O4. The summed E-state index contributed by atoms with van der Waals surface area (Å²) in [5, 5.41) is 0. The van der Waals surface area contributed by atoms with Crippen LogP contribution in [0.25, 0.3) is 0 Å². The van der Waals surface area contributed by atoms with Gasteiger partial charge in [0, 0.05) is 6.42 Å². The van der Waals surface area contributed by atoms with Crippen LogP contribution in [0.2, 0.25) is 0 Å².